The first-order valence-electron chi connectivity index (χ1n) is 5.21. The third-order valence-corrected chi connectivity index (χ3v) is 5.08. The van der Waals surface area contributed by atoms with Crippen molar-refractivity contribution in [1.82, 2.24) is 4.90 Å². The topological polar surface area (TPSA) is 91.8 Å². The monoisotopic (exact) mass is 261 g/mol. The number of carbonyl (C=O) groups excluding carboxylic acids is 1. The van der Waals surface area contributed by atoms with Crippen molar-refractivity contribution < 1.29 is 23.1 Å². The number of carboxylic acid groups (broad SMARTS) is 1. The van der Waals surface area contributed by atoms with Crippen LogP contribution in [0.3, 0.4) is 0 Å². The number of carboxylic acids is 1. The fourth-order valence-electron chi connectivity index (χ4n) is 1.89. The summed E-state index contributed by atoms with van der Waals surface area (Å²) >= 11 is 0. The summed E-state index contributed by atoms with van der Waals surface area (Å²) < 4.78 is 23.3. The fourth-order valence-corrected chi connectivity index (χ4v) is 3.22. The lowest BCUT2D eigenvalue weighted by molar-refractivity contribution is -0.146. The van der Waals surface area contributed by atoms with Gasteiger partial charge in [-0.25, -0.2) is 13.2 Å². The minimum Gasteiger partial charge on any atom is -0.480 e. The molecule has 0 aromatic rings. The van der Waals surface area contributed by atoms with Crippen molar-refractivity contribution in [1.29, 1.82) is 0 Å². The van der Waals surface area contributed by atoms with Crippen LogP contribution in [0.5, 0.6) is 0 Å². The largest absolute Gasteiger partial charge is 0.480 e. The van der Waals surface area contributed by atoms with Crippen molar-refractivity contribution in [3.05, 3.63) is 12.7 Å². The van der Waals surface area contributed by atoms with Crippen LogP contribution in [0.25, 0.3) is 0 Å². The summed E-state index contributed by atoms with van der Waals surface area (Å²) in [7, 11) is -3.33. The maximum atomic E-state index is 11.7. The molecule has 0 spiro atoms. The molecule has 1 saturated heterocycles. The van der Waals surface area contributed by atoms with Gasteiger partial charge in [-0.05, 0) is 12.5 Å². The van der Waals surface area contributed by atoms with Gasteiger partial charge >= 0.3 is 5.97 Å². The second kappa shape index (κ2) is 4.87. The molecule has 1 heterocycles. The summed E-state index contributed by atoms with van der Waals surface area (Å²) in [6.45, 7) is 4.70. The first-order chi connectivity index (χ1) is 7.83. The van der Waals surface area contributed by atoms with Gasteiger partial charge in [0.1, 0.15) is 6.04 Å². The SMILES string of the molecule is C=CC(=O)N1C[C@H](S(=O)(=O)CC)C[C@H]1C(=O)O. The first-order valence-corrected chi connectivity index (χ1v) is 6.92. The van der Waals surface area contributed by atoms with Crippen molar-refractivity contribution in [2.24, 2.45) is 0 Å². The average Bonchev–Trinajstić information content (AvgIpc) is 2.73. The highest BCUT2D eigenvalue weighted by atomic mass is 32.2. The summed E-state index contributed by atoms with van der Waals surface area (Å²) in [6.07, 6.45) is 0.946. The van der Waals surface area contributed by atoms with Gasteiger partial charge in [0.15, 0.2) is 9.84 Å². The lowest BCUT2D eigenvalue weighted by Gasteiger charge is -2.19. The van der Waals surface area contributed by atoms with Gasteiger partial charge in [0.2, 0.25) is 5.91 Å². The molecule has 96 valence electrons. The minimum absolute atomic E-state index is 0.0505. The molecule has 0 radical (unpaired) electrons. The highest BCUT2D eigenvalue weighted by Crippen LogP contribution is 2.24. The second-order valence-corrected chi connectivity index (χ2v) is 6.43. The van der Waals surface area contributed by atoms with Crippen molar-refractivity contribution in [2.75, 3.05) is 12.3 Å². The smallest absolute Gasteiger partial charge is 0.326 e. The zero-order valence-corrected chi connectivity index (χ0v) is 10.3. The van der Waals surface area contributed by atoms with E-state index in [2.05, 4.69) is 6.58 Å². The van der Waals surface area contributed by atoms with E-state index in [0.717, 1.165) is 11.0 Å². The molecule has 0 aromatic heterocycles. The lowest BCUT2D eigenvalue weighted by Crippen LogP contribution is -2.39. The van der Waals surface area contributed by atoms with Gasteiger partial charge in [-0.1, -0.05) is 13.5 Å². The summed E-state index contributed by atoms with van der Waals surface area (Å²) in [4.78, 5) is 23.5. The van der Waals surface area contributed by atoms with Crippen LogP contribution in [0.4, 0.5) is 0 Å². The predicted molar refractivity (Wildman–Crippen MR) is 61.2 cm³/mol. The number of sulfone groups is 1. The lowest BCUT2D eigenvalue weighted by atomic mass is 10.2. The Bertz CT molecular complexity index is 442. The normalized spacial score (nSPS) is 24.6. The molecule has 17 heavy (non-hydrogen) atoms. The Morgan fingerprint density at radius 2 is 2.12 bits per heavy atom. The van der Waals surface area contributed by atoms with Gasteiger partial charge < -0.3 is 10.0 Å². The number of hydrogen-bond acceptors (Lipinski definition) is 4. The first kappa shape index (κ1) is 13.7. The van der Waals surface area contributed by atoms with E-state index in [4.69, 9.17) is 5.11 Å². The van der Waals surface area contributed by atoms with Gasteiger partial charge in [-0.3, -0.25) is 4.79 Å². The summed E-state index contributed by atoms with van der Waals surface area (Å²) in [5, 5.41) is 8.17. The predicted octanol–water partition coefficient (Wildman–Crippen LogP) is -0.339. The Kier molecular flexibility index (Phi) is 3.92. The third kappa shape index (κ3) is 2.66. The number of likely N-dealkylation sites (tertiary alicyclic amines) is 1. The van der Waals surface area contributed by atoms with Crippen molar-refractivity contribution in [2.45, 2.75) is 24.6 Å². The molecular formula is C10H15NO5S. The van der Waals surface area contributed by atoms with Gasteiger partial charge in [-0.15, -0.1) is 0 Å². The molecule has 0 saturated carbocycles. The van der Waals surface area contributed by atoms with Crippen LogP contribution in [-0.4, -0.2) is 53.9 Å². The average molecular weight is 261 g/mol. The van der Waals surface area contributed by atoms with Crippen molar-refractivity contribution in [3.63, 3.8) is 0 Å². The molecule has 1 rings (SSSR count). The molecular weight excluding hydrogens is 246 g/mol. The molecule has 1 N–H and O–H groups in total. The zero-order chi connectivity index (χ0) is 13.2. The van der Waals surface area contributed by atoms with Crippen molar-refractivity contribution >= 4 is 21.7 Å². The quantitative estimate of drug-likeness (QED) is 0.699. The highest BCUT2D eigenvalue weighted by Gasteiger charge is 2.43. The number of hydrogen-bond donors (Lipinski definition) is 1. The van der Waals surface area contributed by atoms with Crippen molar-refractivity contribution in [3.8, 4) is 0 Å². The van der Waals surface area contributed by atoms with Crippen LogP contribution in [0, 0.1) is 0 Å². The number of carbonyl (C=O) groups is 2. The van der Waals surface area contributed by atoms with E-state index >= 15 is 0 Å². The van der Waals surface area contributed by atoms with E-state index in [0.29, 0.717) is 0 Å². The number of nitrogens with zero attached hydrogens (tertiary/aromatic N) is 1. The molecule has 1 fully saturated rings. The van der Waals surface area contributed by atoms with E-state index in [1.165, 1.54) is 6.92 Å². The Morgan fingerprint density at radius 3 is 2.53 bits per heavy atom. The van der Waals surface area contributed by atoms with Crippen LogP contribution in [0.1, 0.15) is 13.3 Å². The van der Waals surface area contributed by atoms with E-state index < -0.39 is 33.0 Å². The van der Waals surface area contributed by atoms with E-state index in [-0.39, 0.29) is 18.7 Å². The maximum Gasteiger partial charge on any atom is 0.326 e. The van der Waals surface area contributed by atoms with Gasteiger partial charge in [0.25, 0.3) is 0 Å². The van der Waals surface area contributed by atoms with Crippen LogP contribution in [0.2, 0.25) is 0 Å². The van der Waals surface area contributed by atoms with Crippen LogP contribution in [0.15, 0.2) is 12.7 Å². The minimum atomic E-state index is -3.33. The summed E-state index contributed by atoms with van der Waals surface area (Å²) in [5.74, 6) is -1.79. The molecule has 0 bridgehead atoms. The molecule has 6 nitrogen and oxygen atoms in total. The molecule has 0 aliphatic carbocycles. The van der Waals surface area contributed by atoms with Crippen LogP contribution in [-0.2, 0) is 19.4 Å². The summed E-state index contributed by atoms with van der Waals surface area (Å²) in [6, 6.07) is -1.08. The van der Waals surface area contributed by atoms with Gasteiger partial charge in [0.05, 0.1) is 5.25 Å². The standard InChI is InChI=1S/C10H15NO5S/c1-3-9(12)11-6-7(17(15,16)4-2)5-8(11)10(13)14/h3,7-8H,1,4-6H2,2H3,(H,13,14)/t7-,8+/m1/s1. The Hall–Kier alpha value is -1.37. The number of aliphatic carboxylic acids is 1. The van der Waals surface area contributed by atoms with E-state index in [1.54, 1.807) is 0 Å². The van der Waals surface area contributed by atoms with Crippen LogP contribution < -0.4 is 0 Å². The van der Waals surface area contributed by atoms with Gasteiger partial charge in [0, 0.05) is 12.3 Å². The van der Waals surface area contributed by atoms with E-state index in [1.807, 2.05) is 0 Å². The maximum absolute atomic E-state index is 11.7. The Morgan fingerprint density at radius 1 is 1.53 bits per heavy atom. The molecule has 0 aromatic carbocycles. The molecule has 0 unspecified atom stereocenters. The molecule has 1 aliphatic heterocycles. The van der Waals surface area contributed by atoms with Gasteiger partial charge in [-0.2, -0.15) is 0 Å². The Balaban J connectivity index is 2.98. The summed E-state index contributed by atoms with van der Waals surface area (Å²) in [5.41, 5.74) is 0. The number of amides is 1. The molecule has 7 heteroatoms. The molecule has 1 amide bonds. The molecule has 1 aliphatic rings. The third-order valence-electron chi connectivity index (χ3n) is 2.92. The zero-order valence-electron chi connectivity index (χ0n) is 9.50. The number of rotatable bonds is 4. The Labute approximate surface area is 99.8 Å². The fraction of sp³-hybridized carbons (Fsp3) is 0.600. The highest BCUT2D eigenvalue weighted by molar-refractivity contribution is 7.92. The second-order valence-electron chi connectivity index (χ2n) is 3.86. The molecule has 2 atom stereocenters. The van der Waals surface area contributed by atoms with Crippen LogP contribution >= 0.6 is 0 Å². The van der Waals surface area contributed by atoms with E-state index in [9.17, 15) is 18.0 Å².